The molecule has 3 aromatic carbocycles. The second-order valence-corrected chi connectivity index (χ2v) is 9.41. The number of carbonyl (C=O) groups excluding carboxylic acids is 2. The molecule has 0 fully saturated rings. The van der Waals surface area contributed by atoms with Crippen LogP contribution in [0.15, 0.2) is 71.6 Å². The van der Waals surface area contributed by atoms with Crippen LogP contribution in [0.25, 0.3) is 0 Å². The number of ether oxygens (including phenoxy) is 2. The molecule has 178 valence electrons. The van der Waals surface area contributed by atoms with Crippen LogP contribution in [0.3, 0.4) is 0 Å². The first-order chi connectivity index (χ1) is 16.1. The Labute approximate surface area is 199 Å². The maximum atomic E-state index is 13.6. The van der Waals surface area contributed by atoms with Gasteiger partial charge in [0.15, 0.2) is 5.78 Å². The Morgan fingerprint density at radius 3 is 2.26 bits per heavy atom. The van der Waals surface area contributed by atoms with Gasteiger partial charge in [-0.25, -0.2) is 8.42 Å². The van der Waals surface area contributed by atoms with Gasteiger partial charge >= 0.3 is 0 Å². The average Bonchev–Trinajstić information content (AvgIpc) is 2.82. The highest BCUT2D eigenvalue weighted by Gasteiger charge is 2.30. The number of methoxy groups -OCH3 is 2. The molecule has 9 heteroatoms. The SMILES string of the molecule is COc1ccc(OC)c(N(CC(=O)Nc2cccc(C(C)=O)c2)S(=O)(=O)c2ccc(C)cc2)c1. The van der Waals surface area contributed by atoms with E-state index in [1.807, 2.05) is 6.92 Å². The van der Waals surface area contributed by atoms with Crippen molar-refractivity contribution in [2.45, 2.75) is 18.7 Å². The summed E-state index contributed by atoms with van der Waals surface area (Å²) >= 11 is 0. The predicted molar refractivity (Wildman–Crippen MR) is 130 cm³/mol. The Kier molecular flexibility index (Phi) is 7.57. The number of hydrogen-bond donors (Lipinski definition) is 1. The number of nitrogens with one attached hydrogen (secondary N) is 1. The summed E-state index contributed by atoms with van der Waals surface area (Å²) in [7, 11) is -1.29. The Bertz CT molecular complexity index is 1300. The predicted octanol–water partition coefficient (Wildman–Crippen LogP) is 4.05. The first-order valence-electron chi connectivity index (χ1n) is 10.4. The number of carbonyl (C=O) groups is 2. The second-order valence-electron chi connectivity index (χ2n) is 7.55. The molecule has 0 bridgehead atoms. The number of hydrogen-bond acceptors (Lipinski definition) is 6. The zero-order chi connectivity index (χ0) is 24.9. The number of benzene rings is 3. The smallest absolute Gasteiger partial charge is 0.264 e. The summed E-state index contributed by atoms with van der Waals surface area (Å²) in [6.07, 6.45) is 0. The molecule has 3 aromatic rings. The van der Waals surface area contributed by atoms with Crippen LogP contribution in [0.2, 0.25) is 0 Å². The van der Waals surface area contributed by atoms with E-state index < -0.39 is 22.5 Å². The Morgan fingerprint density at radius 1 is 0.941 bits per heavy atom. The van der Waals surface area contributed by atoms with E-state index in [4.69, 9.17) is 9.47 Å². The van der Waals surface area contributed by atoms with Gasteiger partial charge in [-0.2, -0.15) is 0 Å². The van der Waals surface area contributed by atoms with Gasteiger partial charge in [0.25, 0.3) is 10.0 Å². The highest BCUT2D eigenvalue weighted by molar-refractivity contribution is 7.92. The van der Waals surface area contributed by atoms with Gasteiger partial charge in [0.05, 0.1) is 24.8 Å². The Hall–Kier alpha value is -3.85. The fourth-order valence-electron chi connectivity index (χ4n) is 3.28. The van der Waals surface area contributed by atoms with E-state index in [0.29, 0.717) is 17.0 Å². The first-order valence-corrected chi connectivity index (χ1v) is 11.8. The number of Topliss-reactive ketones (excluding diaryl/α,β-unsaturated/α-hetero) is 1. The van der Waals surface area contributed by atoms with Gasteiger partial charge in [-0.05, 0) is 50.2 Å². The third-order valence-corrected chi connectivity index (χ3v) is 6.88. The summed E-state index contributed by atoms with van der Waals surface area (Å²) in [5.74, 6) is -0.0978. The maximum Gasteiger partial charge on any atom is 0.264 e. The molecule has 0 aliphatic heterocycles. The molecule has 0 spiro atoms. The van der Waals surface area contributed by atoms with Gasteiger partial charge < -0.3 is 14.8 Å². The Balaban J connectivity index is 2.03. The molecule has 34 heavy (non-hydrogen) atoms. The number of nitrogens with zero attached hydrogens (tertiary/aromatic N) is 1. The van der Waals surface area contributed by atoms with Gasteiger partial charge in [-0.3, -0.25) is 13.9 Å². The van der Waals surface area contributed by atoms with Crippen LogP contribution >= 0.6 is 0 Å². The number of anilines is 2. The summed E-state index contributed by atoms with van der Waals surface area (Å²) in [5.41, 5.74) is 1.85. The van der Waals surface area contributed by atoms with Crippen molar-refractivity contribution >= 4 is 33.1 Å². The fourth-order valence-corrected chi connectivity index (χ4v) is 4.70. The van der Waals surface area contributed by atoms with Gasteiger partial charge in [0, 0.05) is 17.3 Å². The minimum absolute atomic E-state index is 0.0225. The lowest BCUT2D eigenvalue weighted by molar-refractivity contribution is -0.114. The van der Waals surface area contributed by atoms with E-state index in [1.54, 1.807) is 42.5 Å². The maximum absolute atomic E-state index is 13.6. The third-order valence-electron chi connectivity index (χ3n) is 5.10. The fraction of sp³-hybridized carbons (Fsp3) is 0.200. The number of sulfonamides is 1. The molecule has 0 unspecified atom stereocenters. The van der Waals surface area contributed by atoms with E-state index in [-0.39, 0.29) is 22.1 Å². The van der Waals surface area contributed by atoms with Crippen LogP contribution in [0.5, 0.6) is 11.5 Å². The third kappa shape index (κ3) is 5.55. The van der Waals surface area contributed by atoms with E-state index in [1.165, 1.54) is 45.4 Å². The summed E-state index contributed by atoms with van der Waals surface area (Å²) in [6.45, 7) is 2.73. The average molecular weight is 483 g/mol. The molecule has 0 aliphatic carbocycles. The quantitative estimate of drug-likeness (QED) is 0.462. The van der Waals surface area contributed by atoms with Crippen LogP contribution in [0.1, 0.15) is 22.8 Å². The van der Waals surface area contributed by atoms with Crippen molar-refractivity contribution in [2.24, 2.45) is 0 Å². The number of ketones is 1. The van der Waals surface area contributed by atoms with Crippen LogP contribution < -0.4 is 19.1 Å². The summed E-state index contributed by atoms with van der Waals surface area (Å²) in [5, 5.41) is 2.67. The van der Waals surface area contributed by atoms with Gasteiger partial charge in [-0.15, -0.1) is 0 Å². The summed E-state index contributed by atoms with van der Waals surface area (Å²) < 4.78 is 38.9. The second kappa shape index (κ2) is 10.4. The normalized spacial score (nSPS) is 10.9. The van der Waals surface area contributed by atoms with Crippen molar-refractivity contribution in [3.05, 3.63) is 77.9 Å². The molecule has 0 atom stereocenters. The summed E-state index contributed by atoms with van der Waals surface area (Å²) in [6, 6.07) is 17.5. The standard InChI is InChI=1S/C25H26N2O6S/c1-17-8-11-22(12-9-17)34(30,31)27(23-15-21(32-3)10-13-24(23)33-4)16-25(29)26-20-7-5-6-19(14-20)18(2)28/h5-15H,16H2,1-4H3,(H,26,29). The topological polar surface area (TPSA) is 102 Å². The van der Waals surface area contributed by atoms with E-state index >= 15 is 0 Å². The van der Waals surface area contributed by atoms with E-state index in [2.05, 4.69) is 5.32 Å². The van der Waals surface area contributed by atoms with Crippen LogP contribution in [-0.2, 0) is 14.8 Å². The van der Waals surface area contributed by atoms with Crippen LogP contribution in [-0.4, -0.2) is 40.9 Å². The molecule has 3 rings (SSSR count). The van der Waals surface area contributed by atoms with Crippen molar-refractivity contribution in [2.75, 3.05) is 30.4 Å². The molecular formula is C25H26N2O6S. The molecule has 1 N–H and O–H groups in total. The highest BCUT2D eigenvalue weighted by atomic mass is 32.2. The monoisotopic (exact) mass is 482 g/mol. The van der Waals surface area contributed by atoms with E-state index in [9.17, 15) is 18.0 Å². The van der Waals surface area contributed by atoms with Gasteiger partial charge in [-0.1, -0.05) is 29.8 Å². The van der Waals surface area contributed by atoms with Crippen molar-refractivity contribution in [1.82, 2.24) is 0 Å². The van der Waals surface area contributed by atoms with Crippen molar-refractivity contribution in [3.8, 4) is 11.5 Å². The van der Waals surface area contributed by atoms with Crippen LogP contribution in [0, 0.1) is 6.92 Å². The molecule has 1 amide bonds. The number of aryl methyl sites for hydroxylation is 1. The summed E-state index contributed by atoms with van der Waals surface area (Å²) in [4.78, 5) is 24.7. The molecule has 0 aliphatic rings. The minimum Gasteiger partial charge on any atom is -0.497 e. The lowest BCUT2D eigenvalue weighted by atomic mass is 10.1. The zero-order valence-electron chi connectivity index (χ0n) is 19.4. The van der Waals surface area contributed by atoms with E-state index in [0.717, 1.165) is 9.87 Å². The minimum atomic E-state index is -4.15. The van der Waals surface area contributed by atoms with Gasteiger partial charge in [0.1, 0.15) is 18.0 Å². The molecular weight excluding hydrogens is 456 g/mol. The number of amides is 1. The van der Waals surface area contributed by atoms with Gasteiger partial charge in [0.2, 0.25) is 5.91 Å². The van der Waals surface area contributed by atoms with Crippen molar-refractivity contribution in [3.63, 3.8) is 0 Å². The molecule has 0 radical (unpaired) electrons. The molecule has 8 nitrogen and oxygen atoms in total. The zero-order valence-corrected chi connectivity index (χ0v) is 20.2. The lowest BCUT2D eigenvalue weighted by Gasteiger charge is -2.26. The largest absolute Gasteiger partial charge is 0.497 e. The first kappa shape index (κ1) is 24.8. The molecule has 0 saturated heterocycles. The van der Waals surface area contributed by atoms with Crippen molar-refractivity contribution < 1.29 is 27.5 Å². The lowest BCUT2D eigenvalue weighted by Crippen LogP contribution is -2.38. The molecule has 0 saturated carbocycles. The van der Waals surface area contributed by atoms with Crippen molar-refractivity contribution in [1.29, 1.82) is 0 Å². The molecule has 0 aromatic heterocycles. The number of rotatable bonds is 9. The van der Waals surface area contributed by atoms with Crippen LogP contribution in [0.4, 0.5) is 11.4 Å². The Morgan fingerprint density at radius 2 is 1.65 bits per heavy atom. The highest BCUT2D eigenvalue weighted by Crippen LogP contribution is 2.35. The molecule has 0 heterocycles.